The molecule has 0 amide bonds. The lowest BCUT2D eigenvalue weighted by Crippen LogP contribution is -2.08. The zero-order valence-corrected chi connectivity index (χ0v) is 12.9. The molecule has 0 aliphatic rings. The van der Waals surface area contributed by atoms with Crippen LogP contribution in [0.15, 0.2) is 35.3 Å². The molecular formula is C16H16ClN3O. The monoisotopic (exact) mass is 301 g/mol. The molecule has 5 heteroatoms. The van der Waals surface area contributed by atoms with E-state index in [0.717, 1.165) is 11.3 Å². The number of hydrogen-bond acceptors (Lipinski definition) is 2. The Labute approximate surface area is 127 Å². The second-order valence-electron chi connectivity index (χ2n) is 5.48. The SMILES string of the molecule is Cc1ccc2c(=O)cc(-n3ccc(C(C)C)n3)[nH]c2c1Cl. The number of fused-ring (bicyclic) bond motifs is 1. The van der Waals surface area contributed by atoms with Gasteiger partial charge in [-0.05, 0) is 30.5 Å². The van der Waals surface area contributed by atoms with Crippen LogP contribution in [0, 0.1) is 6.92 Å². The van der Waals surface area contributed by atoms with Gasteiger partial charge in [0, 0.05) is 17.6 Å². The molecule has 21 heavy (non-hydrogen) atoms. The average molecular weight is 302 g/mol. The fraction of sp³-hybridized carbons (Fsp3) is 0.250. The van der Waals surface area contributed by atoms with E-state index in [1.165, 1.54) is 0 Å². The maximum atomic E-state index is 12.3. The summed E-state index contributed by atoms with van der Waals surface area (Å²) in [5.74, 6) is 0.955. The summed E-state index contributed by atoms with van der Waals surface area (Å²) in [6, 6.07) is 7.14. The highest BCUT2D eigenvalue weighted by Crippen LogP contribution is 2.24. The van der Waals surface area contributed by atoms with Gasteiger partial charge in [0.1, 0.15) is 5.82 Å². The van der Waals surface area contributed by atoms with Crippen LogP contribution in [0.25, 0.3) is 16.7 Å². The minimum atomic E-state index is -0.0674. The standard InChI is InChI=1S/C16H16ClN3O/c1-9(2)12-6-7-20(19-12)14-8-13(21)11-5-4-10(3)15(17)16(11)18-14/h4-9H,1-3H3,(H,18,21). The van der Waals surface area contributed by atoms with Crippen LogP contribution >= 0.6 is 11.6 Å². The molecular weight excluding hydrogens is 286 g/mol. The summed E-state index contributed by atoms with van der Waals surface area (Å²) in [6.45, 7) is 6.07. The fourth-order valence-corrected chi connectivity index (χ4v) is 2.49. The quantitative estimate of drug-likeness (QED) is 0.782. The molecule has 0 aliphatic carbocycles. The Balaban J connectivity index is 2.24. The van der Waals surface area contributed by atoms with Crippen LogP contribution in [0.1, 0.15) is 31.0 Å². The van der Waals surface area contributed by atoms with E-state index in [1.54, 1.807) is 16.8 Å². The van der Waals surface area contributed by atoms with Crippen LogP contribution < -0.4 is 5.43 Å². The Hall–Kier alpha value is -2.07. The van der Waals surface area contributed by atoms with Crippen LogP contribution in [0.2, 0.25) is 5.02 Å². The molecule has 0 saturated heterocycles. The summed E-state index contributed by atoms with van der Waals surface area (Å²) >= 11 is 6.31. The molecule has 2 heterocycles. The van der Waals surface area contributed by atoms with Gasteiger partial charge in [0.05, 0.1) is 16.2 Å². The van der Waals surface area contributed by atoms with Gasteiger partial charge in [0.2, 0.25) is 0 Å². The normalized spacial score (nSPS) is 11.5. The largest absolute Gasteiger partial charge is 0.338 e. The van der Waals surface area contributed by atoms with Crippen molar-refractivity contribution in [1.29, 1.82) is 0 Å². The lowest BCUT2D eigenvalue weighted by molar-refractivity contribution is 0.759. The molecule has 0 unspecified atom stereocenters. The Morgan fingerprint density at radius 2 is 2.05 bits per heavy atom. The van der Waals surface area contributed by atoms with Gasteiger partial charge in [0.25, 0.3) is 0 Å². The number of aromatic amines is 1. The van der Waals surface area contributed by atoms with E-state index in [0.29, 0.717) is 27.7 Å². The summed E-state index contributed by atoms with van der Waals surface area (Å²) in [5.41, 5.74) is 2.49. The number of halogens is 1. The van der Waals surface area contributed by atoms with Crippen molar-refractivity contribution in [3.63, 3.8) is 0 Å². The highest BCUT2D eigenvalue weighted by Gasteiger charge is 2.10. The topological polar surface area (TPSA) is 50.7 Å². The van der Waals surface area contributed by atoms with Crippen molar-refractivity contribution in [2.24, 2.45) is 0 Å². The number of rotatable bonds is 2. The van der Waals surface area contributed by atoms with Crippen LogP contribution in [0.5, 0.6) is 0 Å². The third kappa shape index (κ3) is 2.36. The lowest BCUT2D eigenvalue weighted by Gasteiger charge is -2.07. The van der Waals surface area contributed by atoms with Crippen LogP contribution in [-0.2, 0) is 0 Å². The number of pyridine rings is 1. The van der Waals surface area contributed by atoms with Crippen LogP contribution in [-0.4, -0.2) is 14.8 Å². The fourth-order valence-electron chi connectivity index (χ4n) is 2.28. The van der Waals surface area contributed by atoms with Crippen LogP contribution in [0.3, 0.4) is 0 Å². The van der Waals surface area contributed by atoms with E-state index in [9.17, 15) is 4.79 Å². The zero-order valence-electron chi connectivity index (χ0n) is 12.1. The summed E-state index contributed by atoms with van der Waals surface area (Å²) in [4.78, 5) is 15.5. The van der Waals surface area contributed by atoms with Crippen molar-refractivity contribution < 1.29 is 0 Å². The number of H-pyrrole nitrogens is 1. The van der Waals surface area contributed by atoms with Crippen molar-refractivity contribution in [2.75, 3.05) is 0 Å². The van der Waals surface area contributed by atoms with Gasteiger partial charge in [-0.1, -0.05) is 31.5 Å². The number of aromatic nitrogens is 3. The minimum Gasteiger partial charge on any atom is -0.338 e. The molecule has 108 valence electrons. The second kappa shape index (κ2) is 5.04. The van der Waals surface area contributed by atoms with E-state index in [4.69, 9.17) is 11.6 Å². The summed E-state index contributed by atoms with van der Waals surface area (Å²) in [5, 5.41) is 5.64. The lowest BCUT2D eigenvalue weighted by atomic mass is 10.1. The Morgan fingerprint density at radius 3 is 2.71 bits per heavy atom. The minimum absolute atomic E-state index is 0.0674. The molecule has 1 aromatic carbocycles. The first-order valence-corrected chi connectivity index (χ1v) is 7.23. The number of aryl methyl sites for hydroxylation is 1. The highest BCUT2D eigenvalue weighted by molar-refractivity contribution is 6.35. The smallest absolute Gasteiger partial charge is 0.191 e. The highest BCUT2D eigenvalue weighted by atomic mass is 35.5. The zero-order chi connectivity index (χ0) is 15.1. The average Bonchev–Trinajstić information content (AvgIpc) is 2.93. The molecule has 0 atom stereocenters. The van der Waals surface area contributed by atoms with E-state index in [2.05, 4.69) is 23.9 Å². The van der Waals surface area contributed by atoms with E-state index in [-0.39, 0.29) is 5.43 Å². The van der Waals surface area contributed by atoms with Gasteiger partial charge in [-0.2, -0.15) is 5.10 Å². The number of hydrogen-bond donors (Lipinski definition) is 1. The van der Waals surface area contributed by atoms with Gasteiger partial charge in [-0.25, -0.2) is 4.68 Å². The molecule has 4 nitrogen and oxygen atoms in total. The maximum Gasteiger partial charge on any atom is 0.191 e. The number of benzene rings is 1. The van der Waals surface area contributed by atoms with Gasteiger partial charge in [-0.3, -0.25) is 4.79 Å². The van der Waals surface area contributed by atoms with Gasteiger partial charge < -0.3 is 4.98 Å². The first kappa shape index (κ1) is 13.9. The van der Waals surface area contributed by atoms with Crippen LogP contribution in [0.4, 0.5) is 0 Å². The van der Waals surface area contributed by atoms with Gasteiger partial charge in [0.15, 0.2) is 5.43 Å². The molecule has 0 radical (unpaired) electrons. The van der Waals surface area contributed by atoms with E-state index >= 15 is 0 Å². The summed E-state index contributed by atoms with van der Waals surface area (Å²) in [7, 11) is 0. The molecule has 0 aliphatic heterocycles. The van der Waals surface area contributed by atoms with Gasteiger partial charge in [-0.15, -0.1) is 0 Å². The summed E-state index contributed by atoms with van der Waals surface area (Å²) < 4.78 is 1.68. The summed E-state index contributed by atoms with van der Waals surface area (Å²) in [6.07, 6.45) is 1.84. The van der Waals surface area contributed by atoms with Crippen molar-refractivity contribution in [3.05, 3.63) is 57.0 Å². The molecule has 3 aromatic rings. The third-order valence-electron chi connectivity index (χ3n) is 3.57. The van der Waals surface area contributed by atoms with Crippen molar-refractivity contribution in [3.8, 4) is 5.82 Å². The van der Waals surface area contributed by atoms with Gasteiger partial charge >= 0.3 is 0 Å². The Bertz CT molecular complexity index is 877. The number of nitrogens with zero attached hydrogens (tertiary/aromatic N) is 2. The Kier molecular flexibility index (Phi) is 3.33. The van der Waals surface area contributed by atoms with E-state index in [1.807, 2.05) is 25.3 Å². The molecule has 3 rings (SSSR count). The first-order chi connectivity index (χ1) is 9.97. The molecule has 0 fully saturated rings. The Morgan fingerprint density at radius 1 is 1.29 bits per heavy atom. The van der Waals surface area contributed by atoms with Crippen molar-refractivity contribution in [2.45, 2.75) is 26.7 Å². The van der Waals surface area contributed by atoms with Crippen molar-refractivity contribution in [1.82, 2.24) is 14.8 Å². The second-order valence-corrected chi connectivity index (χ2v) is 5.86. The predicted molar refractivity (Wildman–Crippen MR) is 85.5 cm³/mol. The molecule has 0 spiro atoms. The van der Waals surface area contributed by atoms with Crippen molar-refractivity contribution >= 4 is 22.5 Å². The first-order valence-electron chi connectivity index (χ1n) is 6.85. The molecule has 0 saturated carbocycles. The molecule has 2 aromatic heterocycles. The maximum absolute atomic E-state index is 12.3. The molecule has 0 bridgehead atoms. The number of nitrogens with one attached hydrogen (secondary N) is 1. The molecule has 1 N–H and O–H groups in total. The third-order valence-corrected chi connectivity index (χ3v) is 4.06. The predicted octanol–water partition coefficient (Wildman–Crippen LogP) is 3.80. The van der Waals surface area contributed by atoms with E-state index < -0.39 is 0 Å².